The molecule has 14 heavy (non-hydrogen) atoms. The number of fused-ring (bicyclic) bond motifs is 1. The van der Waals surface area contributed by atoms with Gasteiger partial charge in [-0.05, 0) is 43.2 Å². The van der Waals surface area contributed by atoms with Gasteiger partial charge in [0.15, 0.2) is 0 Å². The smallest absolute Gasteiger partial charge is 0.119 e. The molecule has 0 spiro atoms. The predicted molar refractivity (Wildman–Crippen MR) is 55.5 cm³/mol. The number of hydrogen-bond acceptors (Lipinski definition) is 2. The minimum absolute atomic E-state index is 0.207. The van der Waals surface area contributed by atoms with Crippen molar-refractivity contribution in [3.63, 3.8) is 0 Å². The van der Waals surface area contributed by atoms with E-state index in [9.17, 15) is 5.11 Å². The average Bonchev–Trinajstić information content (AvgIpc) is 2.19. The number of aromatic hydroxyl groups is 1. The monoisotopic (exact) mass is 192 g/mol. The highest BCUT2D eigenvalue weighted by molar-refractivity contribution is 5.43. The molecule has 1 aromatic rings. The van der Waals surface area contributed by atoms with Crippen LogP contribution in [0.3, 0.4) is 0 Å². The Hall–Kier alpha value is -1.02. The molecule has 1 aromatic carbocycles. The molecule has 76 valence electrons. The molecule has 0 aliphatic heterocycles. The molecule has 2 heteroatoms. The highest BCUT2D eigenvalue weighted by atomic mass is 16.3. The van der Waals surface area contributed by atoms with Gasteiger partial charge in [-0.3, -0.25) is 0 Å². The molecule has 1 aliphatic carbocycles. The largest absolute Gasteiger partial charge is 0.508 e. The van der Waals surface area contributed by atoms with E-state index in [0.29, 0.717) is 11.7 Å². The van der Waals surface area contributed by atoms with Crippen molar-refractivity contribution in [2.75, 3.05) is 6.61 Å². The Morgan fingerprint density at radius 3 is 3.00 bits per heavy atom. The molecule has 0 saturated carbocycles. The lowest BCUT2D eigenvalue weighted by molar-refractivity contribution is 0.268. The number of phenols is 1. The molecule has 0 bridgehead atoms. The molecule has 1 unspecified atom stereocenters. The van der Waals surface area contributed by atoms with E-state index >= 15 is 0 Å². The molecule has 0 radical (unpaired) electrons. The first-order valence-electron chi connectivity index (χ1n) is 5.24. The topological polar surface area (TPSA) is 40.5 Å². The molecule has 1 atom stereocenters. The lowest BCUT2D eigenvalue weighted by Crippen LogP contribution is -2.11. The first-order chi connectivity index (χ1) is 6.83. The first kappa shape index (κ1) is 9.53. The highest BCUT2D eigenvalue weighted by Gasteiger charge is 2.22. The predicted octanol–water partition coefficient (Wildman–Crippen LogP) is 2.19. The second-order valence-electron chi connectivity index (χ2n) is 3.95. The summed E-state index contributed by atoms with van der Waals surface area (Å²) in [5.74, 6) is 0.755. The molecule has 2 N–H and O–H groups in total. The van der Waals surface area contributed by atoms with Crippen LogP contribution < -0.4 is 0 Å². The van der Waals surface area contributed by atoms with Gasteiger partial charge >= 0.3 is 0 Å². The van der Waals surface area contributed by atoms with Crippen LogP contribution in [0.5, 0.6) is 5.75 Å². The summed E-state index contributed by atoms with van der Waals surface area (Å²) in [4.78, 5) is 0. The van der Waals surface area contributed by atoms with E-state index in [1.807, 2.05) is 6.07 Å². The second-order valence-corrected chi connectivity index (χ2v) is 3.95. The van der Waals surface area contributed by atoms with Crippen LogP contribution in [0.1, 0.15) is 36.3 Å². The summed E-state index contributed by atoms with van der Waals surface area (Å²) < 4.78 is 0. The number of aliphatic hydroxyl groups is 1. The molecule has 2 rings (SSSR count). The van der Waals surface area contributed by atoms with Gasteiger partial charge in [-0.2, -0.15) is 0 Å². The normalized spacial score (nSPS) is 20.5. The SMILES string of the molecule is OCCC1CCCc2cccc(O)c21. The lowest BCUT2D eigenvalue weighted by atomic mass is 9.81. The van der Waals surface area contributed by atoms with Gasteiger partial charge in [0.1, 0.15) is 5.75 Å². The molecular weight excluding hydrogens is 176 g/mol. The van der Waals surface area contributed by atoms with Crippen molar-refractivity contribution in [3.8, 4) is 5.75 Å². The van der Waals surface area contributed by atoms with Crippen molar-refractivity contribution in [3.05, 3.63) is 29.3 Å². The third-order valence-electron chi connectivity index (χ3n) is 3.06. The minimum Gasteiger partial charge on any atom is -0.508 e. The zero-order chi connectivity index (χ0) is 9.97. The average molecular weight is 192 g/mol. The minimum atomic E-state index is 0.207. The van der Waals surface area contributed by atoms with Crippen molar-refractivity contribution in [1.82, 2.24) is 0 Å². The summed E-state index contributed by atoms with van der Waals surface area (Å²) in [6.07, 6.45) is 4.09. The highest BCUT2D eigenvalue weighted by Crippen LogP contribution is 2.38. The summed E-state index contributed by atoms with van der Waals surface area (Å²) >= 11 is 0. The van der Waals surface area contributed by atoms with E-state index in [4.69, 9.17) is 5.11 Å². The van der Waals surface area contributed by atoms with Crippen LogP contribution in [-0.4, -0.2) is 16.8 Å². The van der Waals surface area contributed by atoms with Crippen LogP contribution in [0.4, 0.5) is 0 Å². The molecule has 0 aromatic heterocycles. The molecule has 2 nitrogen and oxygen atoms in total. The van der Waals surface area contributed by atoms with Gasteiger partial charge in [0.2, 0.25) is 0 Å². The van der Waals surface area contributed by atoms with Crippen LogP contribution in [0.15, 0.2) is 18.2 Å². The summed E-state index contributed by atoms with van der Waals surface area (Å²) in [5, 5.41) is 18.7. The van der Waals surface area contributed by atoms with Crippen molar-refractivity contribution in [2.24, 2.45) is 0 Å². The fourth-order valence-corrected chi connectivity index (χ4v) is 2.42. The number of aryl methyl sites for hydroxylation is 1. The Kier molecular flexibility index (Phi) is 2.73. The summed E-state index contributed by atoms with van der Waals surface area (Å²) in [5.41, 5.74) is 2.34. The standard InChI is InChI=1S/C12H16O2/c13-8-7-10-4-1-3-9-5-2-6-11(14)12(9)10/h2,5-6,10,13-14H,1,3-4,7-8H2. The van der Waals surface area contributed by atoms with Gasteiger partial charge in [0.05, 0.1) is 0 Å². The molecule has 0 amide bonds. The van der Waals surface area contributed by atoms with E-state index in [1.54, 1.807) is 6.07 Å². The van der Waals surface area contributed by atoms with Crippen molar-refractivity contribution < 1.29 is 10.2 Å². The summed E-state index contributed by atoms with van der Waals surface area (Å²) in [7, 11) is 0. The van der Waals surface area contributed by atoms with Crippen LogP contribution in [0, 0.1) is 0 Å². The van der Waals surface area contributed by atoms with Gasteiger partial charge < -0.3 is 10.2 Å². The number of hydrogen-bond donors (Lipinski definition) is 2. The van der Waals surface area contributed by atoms with Crippen LogP contribution in [0.2, 0.25) is 0 Å². The van der Waals surface area contributed by atoms with E-state index in [0.717, 1.165) is 24.8 Å². The Bertz CT molecular complexity index is 320. The molecule has 0 saturated heterocycles. The van der Waals surface area contributed by atoms with E-state index in [1.165, 1.54) is 12.0 Å². The Morgan fingerprint density at radius 2 is 2.21 bits per heavy atom. The zero-order valence-electron chi connectivity index (χ0n) is 8.24. The van der Waals surface area contributed by atoms with E-state index < -0.39 is 0 Å². The fraction of sp³-hybridized carbons (Fsp3) is 0.500. The maximum atomic E-state index is 9.77. The van der Waals surface area contributed by atoms with Gasteiger partial charge in [0, 0.05) is 12.2 Å². The number of aliphatic hydroxyl groups excluding tert-OH is 1. The molecule has 0 fully saturated rings. The Morgan fingerprint density at radius 1 is 1.36 bits per heavy atom. The molecule has 0 heterocycles. The quantitative estimate of drug-likeness (QED) is 0.754. The Balaban J connectivity index is 2.36. The van der Waals surface area contributed by atoms with E-state index in [2.05, 4.69) is 6.07 Å². The van der Waals surface area contributed by atoms with E-state index in [-0.39, 0.29) is 6.61 Å². The third kappa shape index (κ3) is 1.62. The van der Waals surface area contributed by atoms with Crippen molar-refractivity contribution in [2.45, 2.75) is 31.6 Å². The number of benzene rings is 1. The Labute approximate surface area is 84.2 Å². The van der Waals surface area contributed by atoms with Crippen molar-refractivity contribution >= 4 is 0 Å². The maximum absolute atomic E-state index is 9.77. The van der Waals surface area contributed by atoms with Gasteiger partial charge in [0.25, 0.3) is 0 Å². The third-order valence-corrected chi connectivity index (χ3v) is 3.06. The summed E-state index contributed by atoms with van der Waals surface area (Å²) in [6, 6.07) is 5.72. The van der Waals surface area contributed by atoms with Crippen LogP contribution in [-0.2, 0) is 6.42 Å². The number of rotatable bonds is 2. The first-order valence-corrected chi connectivity index (χ1v) is 5.24. The zero-order valence-corrected chi connectivity index (χ0v) is 8.24. The van der Waals surface area contributed by atoms with Crippen LogP contribution >= 0.6 is 0 Å². The van der Waals surface area contributed by atoms with Crippen molar-refractivity contribution in [1.29, 1.82) is 0 Å². The van der Waals surface area contributed by atoms with Gasteiger partial charge in [-0.1, -0.05) is 12.1 Å². The second kappa shape index (κ2) is 4.01. The van der Waals surface area contributed by atoms with Gasteiger partial charge in [-0.15, -0.1) is 0 Å². The van der Waals surface area contributed by atoms with Crippen LogP contribution in [0.25, 0.3) is 0 Å². The maximum Gasteiger partial charge on any atom is 0.119 e. The van der Waals surface area contributed by atoms with Gasteiger partial charge in [-0.25, -0.2) is 0 Å². The molecular formula is C12H16O2. The summed E-state index contributed by atoms with van der Waals surface area (Å²) in [6.45, 7) is 0.207. The molecule has 1 aliphatic rings. The fourth-order valence-electron chi connectivity index (χ4n) is 2.42. The lowest BCUT2D eigenvalue weighted by Gasteiger charge is -2.25. The number of phenolic OH excluding ortho intramolecular Hbond substituents is 1.